The Morgan fingerprint density at radius 2 is 1.91 bits per heavy atom. The van der Waals surface area contributed by atoms with Crippen LogP contribution < -0.4 is 0 Å². The lowest BCUT2D eigenvalue weighted by Gasteiger charge is -2.59. The van der Waals surface area contributed by atoms with Gasteiger partial charge in [0.05, 0.1) is 6.61 Å². The Kier molecular flexibility index (Phi) is 6.57. The van der Waals surface area contributed by atoms with Gasteiger partial charge >= 0.3 is 0 Å². The zero-order valence-electron chi connectivity index (χ0n) is 20.6. The zero-order chi connectivity index (χ0) is 23.1. The smallest absolute Gasteiger partial charge is 0.162 e. The van der Waals surface area contributed by atoms with Crippen LogP contribution in [0.4, 0.5) is 0 Å². The monoisotopic (exact) mass is 442 g/mol. The fourth-order valence-electron chi connectivity index (χ4n) is 8.38. The average Bonchev–Trinajstić information content (AvgIpc) is 3.08. The molecule has 0 saturated heterocycles. The minimum atomic E-state index is -0.754. The molecule has 0 N–H and O–H groups in total. The molecule has 3 unspecified atom stereocenters. The highest BCUT2D eigenvalue weighted by molar-refractivity contribution is 5.91. The molecule has 3 fully saturated rings. The Morgan fingerprint density at radius 1 is 1.16 bits per heavy atom. The molecule has 4 aliphatic rings. The van der Waals surface area contributed by atoms with Gasteiger partial charge in [0.2, 0.25) is 0 Å². The lowest BCUT2D eigenvalue weighted by Crippen LogP contribution is -2.58. The van der Waals surface area contributed by atoms with E-state index in [4.69, 9.17) is 4.74 Å². The van der Waals surface area contributed by atoms with Crippen LogP contribution >= 0.6 is 0 Å². The van der Waals surface area contributed by atoms with Gasteiger partial charge in [0.1, 0.15) is 11.9 Å². The van der Waals surface area contributed by atoms with E-state index >= 15 is 0 Å². The molecule has 4 rings (SSSR count). The van der Waals surface area contributed by atoms with Crippen molar-refractivity contribution in [2.24, 2.45) is 34.5 Å². The van der Waals surface area contributed by atoms with Gasteiger partial charge in [-0.05, 0) is 87.5 Å². The molecule has 7 atom stereocenters. The van der Waals surface area contributed by atoms with E-state index in [0.717, 1.165) is 70.5 Å². The topological polar surface area (TPSA) is 60.4 Å². The number of rotatable bonds is 8. The molecule has 4 heteroatoms. The first-order valence-electron chi connectivity index (χ1n) is 13.1. The van der Waals surface area contributed by atoms with Crippen LogP contribution in [0.2, 0.25) is 0 Å². The van der Waals surface area contributed by atoms with Gasteiger partial charge in [0.25, 0.3) is 0 Å². The van der Waals surface area contributed by atoms with Crippen molar-refractivity contribution in [1.29, 1.82) is 0 Å². The Bertz CT molecular complexity index is 799. The number of carbonyl (C=O) groups is 3. The zero-order valence-corrected chi connectivity index (χ0v) is 20.6. The number of hydrogen-bond acceptors (Lipinski definition) is 4. The third-order valence-corrected chi connectivity index (χ3v) is 10.3. The van der Waals surface area contributed by atoms with Crippen LogP contribution in [0, 0.1) is 34.5 Å². The second-order valence-electron chi connectivity index (χ2n) is 11.7. The molecule has 4 nitrogen and oxygen atoms in total. The van der Waals surface area contributed by atoms with Gasteiger partial charge in [-0.3, -0.25) is 9.59 Å². The summed E-state index contributed by atoms with van der Waals surface area (Å²) in [5, 5.41) is 0. The predicted octanol–water partition coefficient (Wildman–Crippen LogP) is 5.87. The van der Waals surface area contributed by atoms with Crippen molar-refractivity contribution in [1.82, 2.24) is 0 Å². The lowest BCUT2D eigenvalue weighted by molar-refractivity contribution is -0.179. The van der Waals surface area contributed by atoms with Crippen LogP contribution in [0.3, 0.4) is 0 Å². The Hall–Kier alpha value is -1.29. The minimum absolute atomic E-state index is 0.119. The first-order valence-corrected chi connectivity index (χ1v) is 13.1. The van der Waals surface area contributed by atoms with E-state index in [9.17, 15) is 14.4 Å². The number of ketones is 2. The first kappa shape index (κ1) is 23.9. The maximum absolute atomic E-state index is 13.2. The number of fused-ring (bicyclic) bond motifs is 5. The van der Waals surface area contributed by atoms with E-state index in [0.29, 0.717) is 36.6 Å². The summed E-state index contributed by atoms with van der Waals surface area (Å²) in [6.07, 6.45) is 13.6. The van der Waals surface area contributed by atoms with E-state index in [-0.39, 0.29) is 22.5 Å². The molecule has 0 aromatic carbocycles. The maximum atomic E-state index is 13.2. The minimum Gasteiger partial charge on any atom is -0.366 e. The van der Waals surface area contributed by atoms with Crippen LogP contribution in [-0.4, -0.2) is 30.1 Å². The fraction of sp³-hybridized carbons (Fsp3) is 0.821. The van der Waals surface area contributed by atoms with Gasteiger partial charge in [-0.15, -0.1) is 0 Å². The highest BCUT2D eigenvalue weighted by Crippen LogP contribution is 2.68. The van der Waals surface area contributed by atoms with Crippen molar-refractivity contribution in [2.45, 2.75) is 104 Å². The molecular weight excluding hydrogens is 400 g/mol. The highest BCUT2D eigenvalue weighted by atomic mass is 16.5. The quantitative estimate of drug-likeness (QED) is 0.441. The van der Waals surface area contributed by atoms with Gasteiger partial charge < -0.3 is 9.53 Å². The van der Waals surface area contributed by atoms with Gasteiger partial charge in [0.15, 0.2) is 11.6 Å². The van der Waals surface area contributed by atoms with Crippen LogP contribution in [0.5, 0.6) is 0 Å². The largest absolute Gasteiger partial charge is 0.366 e. The maximum Gasteiger partial charge on any atom is 0.162 e. The van der Waals surface area contributed by atoms with Gasteiger partial charge in [-0.25, -0.2) is 0 Å². The second-order valence-corrected chi connectivity index (χ2v) is 11.7. The van der Waals surface area contributed by atoms with Crippen molar-refractivity contribution < 1.29 is 19.1 Å². The third kappa shape index (κ3) is 3.56. The number of unbranched alkanes of at least 4 members (excludes halogenated alkanes) is 1. The molecule has 178 valence electrons. The summed E-state index contributed by atoms with van der Waals surface area (Å²) in [4.78, 5) is 36.9. The summed E-state index contributed by atoms with van der Waals surface area (Å²) in [6, 6.07) is 0. The predicted molar refractivity (Wildman–Crippen MR) is 125 cm³/mol. The molecule has 0 bridgehead atoms. The van der Waals surface area contributed by atoms with Gasteiger partial charge in [0, 0.05) is 17.8 Å². The molecule has 0 aliphatic heterocycles. The van der Waals surface area contributed by atoms with Gasteiger partial charge in [-0.2, -0.15) is 0 Å². The van der Waals surface area contributed by atoms with Crippen molar-refractivity contribution in [3.63, 3.8) is 0 Å². The molecule has 32 heavy (non-hydrogen) atoms. The number of hydrogen-bond donors (Lipinski definition) is 0. The Balaban J connectivity index is 1.58. The Labute approximate surface area is 193 Å². The van der Waals surface area contributed by atoms with Gasteiger partial charge in [-0.1, -0.05) is 39.2 Å². The average molecular weight is 443 g/mol. The van der Waals surface area contributed by atoms with E-state index in [1.807, 2.05) is 6.08 Å². The number of ether oxygens (including phenoxy) is 1. The van der Waals surface area contributed by atoms with E-state index < -0.39 is 5.60 Å². The van der Waals surface area contributed by atoms with E-state index in [1.165, 1.54) is 5.57 Å². The summed E-state index contributed by atoms with van der Waals surface area (Å²) in [5.74, 6) is 2.00. The number of carbonyl (C=O) groups excluding carboxylic acids is 3. The molecule has 0 radical (unpaired) electrons. The fourth-order valence-corrected chi connectivity index (χ4v) is 8.38. The summed E-state index contributed by atoms with van der Waals surface area (Å²) in [7, 11) is 0. The molecule has 0 aromatic heterocycles. The summed E-state index contributed by atoms with van der Waals surface area (Å²) < 4.78 is 6.56. The molecular formula is C28H42O4. The normalized spacial score (nSPS) is 41.8. The van der Waals surface area contributed by atoms with Crippen LogP contribution in [0.15, 0.2) is 11.6 Å². The SMILES string of the molecule is CCCCC(C=O)CO[C@]1(C(C)=O)CC[C@H]2[C@H]3CCC4=CC(=O)CCC4(C)[C@H]3CCC21C. The molecule has 0 amide bonds. The van der Waals surface area contributed by atoms with Crippen LogP contribution in [0.25, 0.3) is 0 Å². The molecule has 4 aliphatic carbocycles. The van der Waals surface area contributed by atoms with Crippen molar-refractivity contribution in [2.75, 3.05) is 6.61 Å². The number of allylic oxidation sites excluding steroid dienone is 1. The molecule has 0 heterocycles. The highest BCUT2D eigenvalue weighted by Gasteiger charge is 2.66. The van der Waals surface area contributed by atoms with Crippen LogP contribution in [-0.2, 0) is 19.1 Å². The lowest BCUT2D eigenvalue weighted by atomic mass is 9.46. The van der Waals surface area contributed by atoms with Crippen molar-refractivity contribution >= 4 is 17.9 Å². The summed E-state index contributed by atoms with van der Waals surface area (Å²) in [5.41, 5.74) is 0.606. The van der Waals surface area contributed by atoms with Crippen molar-refractivity contribution in [3.8, 4) is 0 Å². The Morgan fingerprint density at radius 3 is 2.59 bits per heavy atom. The number of aldehydes is 1. The first-order chi connectivity index (χ1) is 15.2. The van der Waals surface area contributed by atoms with E-state index in [2.05, 4.69) is 20.8 Å². The second kappa shape index (κ2) is 8.81. The molecule has 0 aromatic rings. The molecule has 0 spiro atoms. The van der Waals surface area contributed by atoms with E-state index in [1.54, 1.807) is 6.92 Å². The molecule has 3 saturated carbocycles. The standard InChI is InChI=1S/C28H42O4/c1-5-6-7-20(17-29)18-32-28(19(2)30)15-12-25-23-9-8-21-16-22(31)10-13-26(21,3)24(23)11-14-27(25,28)4/h16-17,20,23-25H,5-15,18H2,1-4H3/t20?,23-,24-,25-,26?,27?,28-/m0/s1. The van der Waals surface area contributed by atoms with Crippen molar-refractivity contribution in [3.05, 3.63) is 11.6 Å². The summed E-state index contributed by atoms with van der Waals surface area (Å²) >= 11 is 0. The van der Waals surface area contributed by atoms with Crippen LogP contribution in [0.1, 0.15) is 98.3 Å². The summed E-state index contributed by atoms with van der Waals surface area (Å²) in [6.45, 7) is 8.91. The third-order valence-electron chi connectivity index (χ3n) is 10.3. The number of Topliss-reactive ketones (excluding diaryl/α,β-unsaturated/α-hetero) is 1.